The lowest BCUT2D eigenvalue weighted by Gasteiger charge is -2.39. The number of halogens is 10. The third-order valence-electron chi connectivity index (χ3n) is 22.8. The molecule has 0 aliphatic heterocycles. The summed E-state index contributed by atoms with van der Waals surface area (Å²) in [6.45, 7) is 8.24. The van der Waals surface area contributed by atoms with Crippen molar-refractivity contribution in [1.82, 2.24) is 30.7 Å². The van der Waals surface area contributed by atoms with Gasteiger partial charge in [0.05, 0.1) is 46.3 Å². The molecule has 12 aromatic rings. The first-order chi connectivity index (χ1) is 57.3. The highest BCUT2D eigenvalue weighted by atomic mass is 35.5. The van der Waals surface area contributed by atoms with Crippen LogP contribution in [0.25, 0.3) is 69.3 Å². The number of carbonyl (C=O) groups is 2. The number of ether oxygens (including phenoxy) is 4. The van der Waals surface area contributed by atoms with E-state index < -0.39 is 18.1 Å². The Bertz CT molecular complexity index is 5490. The van der Waals surface area contributed by atoms with Crippen LogP contribution in [0, 0.1) is 0 Å². The van der Waals surface area contributed by atoms with E-state index in [4.69, 9.17) is 60.6 Å². The van der Waals surface area contributed by atoms with Crippen molar-refractivity contribution in [1.29, 1.82) is 0 Å². The van der Waals surface area contributed by atoms with E-state index in [1.807, 2.05) is 134 Å². The molecule has 0 radical (unpaired) electrons. The number of hydrogen-bond acceptors (Lipinski definition) is 13. The molecule has 0 atom stereocenters. The number of benzene rings is 9. The zero-order valence-corrected chi connectivity index (χ0v) is 72.3. The monoisotopic (exact) mass is 1750 g/mol. The van der Waals surface area contributed by atoms with E-state index >= 15 is 0 Å². The molecule has 9 aromatic carbocycles. The van der Waals surface area contributed by atoms with Crippen molar-refractivity contribution in [2.24, 2.45) is 0 Å². The summed E-state index contributed by atoms with van der Waals surface area (Å²) in [6.07, 6.45) is 2.55. The summed E-state index contributed by atoms with van der Waals surface area (Å²) in [5, 5.41) is 15.4. The maximum atomic E-state index is 14.2. The minimum absolute atomic E-state index is 0.0116. The molecular weight excluding hydrogens is 1660 g/mol. The fraction of sp³-hybridized carbons (Fsp3) is 0.319. The Morgan fingerprint density at radius 1 is 0.429 bits per heavy atom. The number of thiophene rings is 3. The Kier molecular flexibility index (Phi) is 29.4. The number of methoxy groups -OCH3 is 2. The molecule has 12 nitrogen and oxygen atoms in total. The highest BCUT2D eigenvalue weighted by molar-refractivity contribution is 7.22. The third kappa shape index (κ3) is 21.2. The van der Waals surface area contributed by atoms with Gasteiger partial charge in [-0.3, -0.25) is 9.59 Å². The van der Waals surface area contributed by atoms with Gasteiger partial charge in [0.25, 0.3) is 11.8 Å². The maximum Gasteiger partial charge on any atom is 0.573 e. The van der Waals surface area contributed by atoms with Crippen LogP contribution in [0.5, 0.6) is 23.0 Å². The number of nitrogens with zero attached hydrogens (tertiary/aromatic N) is 3. The average Bonchev–Trinajstić information content (AvgIpc) is 1.69. The first-order valence-corrected chi connectivity index (χ1v) is 43.8. The Morgan fingerprint density at radius 2 is 0.756 bits per heavy atom. The molecule has 3 saturated carbocycles. The van der Waals surface area contributed by atoms with Gasteiger partial charge in [0.2, 0.25) is 0 Å². The van der Waals surface area contributed by atoms with E-state index in [0.29, 0.717) is 92.8 Å². The van der Waals surface area contributed by atoms with Gasteiger partial charge in [-0.25, -0.2) is 0 Å². The molecule has 3 heterocycles. The topological polar surface area (TPSA) is 117 Å². The van der Waals surface area contributed by atoms with Crippen LogP contribution in [0.3, 0.4) is 0 Å². The van der Waals surface area contributed by atoms with Crippen LogP contribution in [-0.4, -0.2) is 111 Å². The number of hydrogen-bond donors (Lipinski definition) is 3. The molecule has 0 unspecified atom stereocenters. The van der Waals surface area contributed by atoms with Crippen molar-refractivity contribution < 1.29 is 54.9 Å². The van der Waals surface area contributed by atoms with Gasteiger partial charge in [0, 0.05) is 114 Å². The van der Waals surface area contributed by atoms with Crippen molar-refractivity contribution in [2.75, 3.05) is 42.0 Å². The average molecular weight is 1760 g/mol. The van der Waals surface area contributed by atoms with Crippen molar-refractivity contribution in [2.45, 2.75) is 152 Å². The molecule has 624 valence electrons. The lowest BCUT2D eigenvalue weighted by molar-refractivity contribution is -0.274. The third-order valence-corrected chi connectivity index (χ3v) is 28.2. The fourth-order valence-electron chi connectivity index (χ4n) is 16.3. The van der Waals surface area contributed by atoms with E-state index in [1.165, 1.54) is 51.6 Å². The molecular formula is C94H94Cl4F6N6O6S3. The summed E-state index contributed by atoms with van der Waals surface area (Å²) in [4.78, 5) is 36.8. The molecule has 0 spiro atoms. The fourth-order valence-corrected chi connectivity index (χ4v) is 20.9. The molecule has 0 saturated heterocycles. The zero-order chi connectivity index (χ0) is 84.2. The largest absolute Gasteiger partial charge is 0.573 e. The first-order valence-electron chi connectivity index (χ1n) is 39.8. The summed E-state index contributed by atoms with van der Waals surface area (Å²) in [7, 11) is 9.30. The first kappa shape index (κ1) is 88.0. The molecule has 3 fully saturated rings. The van der Waals surface area contributed by atoms with Crippen LogP contribution in [0.1, 0.15) is 130 Å². The van der Waals surface area contributed by atoms with Crippen LogP contribution < -0.4 is 34.9 Å². The number of fused-ring (bicyclic) bond motifs is 3. The number of nitrogens with one attached hydrogen (secondary N) is 3. The second kappa shape index (κ2) is 39.8. The molecule has 2 amide bonds. The van der Waals surface area contributed by atoms with Crippen LogP contribution in [0.2, 0.25) is 20.1 Å². The van der Waals surface area contributed by atoms with E-state index in [2.05, 4.69) is 87.7 Å². The minimum Gasteiger partial charge on any atom is -0.496 e. The SMILES string of the molecule is C=C(c1sc2ccccc2c1Cl)N(Cc1cc(-c2ccc(Cl)cc2)ccc1OC)C1CCC(NC)CC1.CCOc1ccc(-c2ccc(C(F)(F)F)cc2)cc1CN(C(=O)c1sc2ccccc2c1Cl)C1CCC(NC)CC1.CNC1CCC(N(Cc2cc(-c3ccc(OC(F)(F)F)cc3)ccc2OC)C(=O)c2sc3ccccc3c2Cl)CC1. The lowest BCUT2D eigenvalue weighted by Crippen LogP contribution is -2.44. The second-order valence-corrected chi connectivity index (χ2v) is 34.7. The van der Waals surface area contributed by atoms with Gasteiger partial charge < -0.3 is 49.6 Å². The lowest BCUT2D eigenvalue weighted by atomic mass is 9.89. The van der Waals surface area contributed by atoms with Crippen LogP contribution >= 0.6 is 80.4 Å². The molecule has 3 aliphatic carbocycles. The quantitative estimate of drug-likeness (QED) is 0.0505. The summed E-state index contributed by atoms with van der Waals surface area (Å²) in [5.74, 6) is 1.62. The predicted molar refractivity (Wildman–Crippen MR) is 477 cm³/mol. The van der Waals surface area contributed by atoms with Crippen molar-refractivity contribution in [3.05, 3.63) is 264 Å². The Hall–Kier alpha value is -8.84. The number of rotatable bonds is 24. The zero-order valence-electron chi connectivity index (χ0n) is 66.8. The Morgan fingerprint density at radius 3 is 1.12 bits per heavy atom. The van der Waals surface area contributed by atoms with E-state index in [1.54, 1.807) is 37.7 Å². The van der Waals surface area contributed by atoms with Gasteiger partial charge in [-0.1, -0.05) is 162 Å². The maximum absolute atomic E-state index is 14.2. The Balaban J connectivity index is 0.000000155. The normalized spacial score (nSPS) is 17.5. The minimum atomic E-state index is -4.76. The number of alkyl halides is 6. The molecule has 119 heavy (non-hydrogen) atoms. The molecule has 3 N–H and O–H groups in total. The van der Waals surface area contributed by atoms with Gasteiger partial charge in [0.15, 0.2) is 0 Å². The van der Waals surface area contributed by atoms with Gasteiger partial charge in [-0.15, -0.1) is 47.2 Å². The highest BCUT2D eigenvalue weighted by Crippen LogP contribution is 2.46. The van der Waals surface area contributed by atoms with Gasteiger partial charge in [0.1, 0.15) is 32.8 Å². The van der Waals surface area contributed by atoms with Crippen LogP contribution in [0.15, 0.2) is 207 Å². The summed E-state index contributed by atoms with van der Waals surface area (Å²) < 4.78 is 102. The van der Waals surface area contributed by atoms with Gasteiger partial charge in [-0.05, 0) is 229 Å². The van der Waals surface area contributed by atoms with E-state index in [9.17, 15) is 35.9 Å². The highest BCUT2D eigenvalue weighted by Gasteiger charge is 2.37. The van der Waals surface area contributed by atoms with Gasteiger partial charge >= 0.3 is 12.5 Å². The predicted octanol–water partition coefficient (Wildman–Crippen LogP) is 26.0. The smallest absolute Gasteiger partial charge is 0.496 e. The molecule has 0 bridgehead atoms. The standard InChI is InChI=1S/C32H32ClF3N2O2S.C31H32Cl2N2OS.C31H30ClF3N2O3S/c1-3-40-27-17-10-21(20-8-11-23(12-9-20)32(34,35)36)18-22(27)19-38(25-15-13-24(37-2)14-16-25)31(39)30-29(33)26-6-4-5-7-28(26)41-30;1-20(31-30(33)27-6-4-5-7-29(27)37-31)35(26-15-13-25(34-2)14-16-26)19-23-18-22(10-17-28(23)36-3)21-8-11-24(32)12-9-21;1-36-22-10-12-23(13-11-22)37(30(38)29-28(32)25-5-3-4-6-27(25)41-29)18-21-17-20(9-16-26(21)39-2)19-7-14-24(15-8-19)40-31(33,34)35/h4-12,17-18,24-25,37H,3,13-16,19H2,1-2H3;4-12,17-18,25-26,34H,1,13-16,19H2,2-3H3;3-9,14-17,22-23,36H,10-13,18H2,1-2H3. The molecule has 3 aromatic heterocycles. The van der Waals surface area contributed by atoms with Crippen molar-refractivity contribution in [3.63, 3.8) is 0 Å². The molecule has 15 rings (SSSR count). The van der Waals surface area contributed by atoms with Crippen LogP contribution in [-0.2, 0) is 25.8 Å². The summed E-state index contributed by atoms with van der Waals surface area (Å²) in [5.41, 5.74) is 8.17. The van der Waals surface area contributed by atoms with Gasteiger partial charge in [-0.2, -0.15) is 13.2 Å². The van der Waals surface area contributed by atoms with E-state index in [0.717, 1.165) is 180 Å². The van der Waals surface area contributed by atoms with E-state index in [-0.39, 0.29) is 29.6 Å². The summed E-state index contributed by atoms with van der Waals surface area (Å²) in [6, 6.07) is 61.9. The molecule has 25 heteroatoms. The Labute approximate surface area is 722 Å². The number of carbonyl (C=O) groups excluding carboxylic acids is 2. The second-order valence-electron chi connectivity index (χ2n) is 30.0. The molecule has 3 aliphatic rings. The van der Waals surface area contributed by atoms with Crippen LogP contribution in [0.4, 0.5) is 26.3 Å². The number of amides is 2. The summed E-state index contributed by atoms with van der Waals surface area (Å²) >= 11 is 31.1. The van der Waals surface area contributed by atoms with Crippen molar-refractivity contribution >= 4 is 128 Å². The van der Waals surface area contributed by atoms with Crippen molar-refractivity contribution in [3.8, 4) is 56.4 Å².